The molecule has 1 aromatic rings. The van der Waals surface area contributed by atoms with Crippen LogP contribution in [0.25, 0.3) is 0 Å². The zero-order valence-electron chi connectivity index (χ0n) is 14.2. The smallest absolute Gasteiger partial charge is 0.410 e. The Morgan fingerprint density at radius 3 is 2.46 bits per heavy atom. The highest BCUT2D eigenvalue weighted by Crippen LogP contribution is 2.14. The second-order valence-electron chi connectivity index (χ2n) is 6.51. The number of nitrogens with zero attached hydrogens (tertiary/aromatic N) is 3. The topological polar surface area (TPSA) is 74.8 Å². The number of piperazine rings is 1. The number of aromatic nitrogens is 1. The van der Waals surface area contributed by atoms with E-state index in [4.69, 9.17) is 4.74 Å². The van der Waals surface area contributed by atoms with E-state index in [0.29, 0.717) is 32.7 Å². The predicted molar refractivity (Wildman–Crippen MR) is 101 cm³/mol. The number of carbonyl (C=O) groups excluding carboxylic acids is 2. The van der Waals surface area contributed by atoms with Crippen molar-refractivity contribution in [2.24, 2.45) is 0 Å². The van der Waals surface area contributed by atoms with Crippen LogP contribution in [-0.2, 0) is 16.1 Å². The number of amides is 2. The molecule has 1 N–H and O–H groups in total. The van der Waals surface area contributed by atoms with E-state index >= 15 is 0 Å². The number of carbonyl (C=O) groups is 2. The van der Waals surface area contributed by atoms with Gasteiger partial charge < -0.3 is 19.9 Å². The Morgan fingerprint density at radius 2 is 1.92 bits per heavy atom. The van der Waals surface area contributed by atoms with Gasteiger partial charge in [-0.3, -0.25) is 4.79 Å². The Hall–Kier alpha value is -0.940. The summed E-state index contributed by atoms with van der Waals surface area (Å²) in [5.74, 6) is 0.0464. The maximum atomic E-state index is 12.2. The third kappa shape index (κ3) is 6.17. The van der Waals surface area contributed by atoms with Gasteiger partial charge in [0, 0.05) is 32.7 Å². The minimum atomic E-state index is -0.498. The van der Waals surface area contributed by atoms with Crippen LogP contribution in [-0.4, -0.2) is 65.1 Å². The molecule has 1 aliphatic heterocycles. The fourth-order valence-corrected chi connectivity index (χ4v) is 3.73. The van der Waals surface area contributed by atoms with Crippen molar-refractivity contribution >= 4 is 45.9 Å². The molecule has 0 bridgehead atoms. The molecular formula is C15H23IN4O3S. The fourth-order valence-electron chi connectivity index (χ4n) is 2.22. The Morgan fingerprint density at radius 1 is 1.29 bits per heavy atom. The van der Waals surface area contributed by atoms with Crippen LogP contribution in [0, 0.1) is 2.88 Å². The SMILES string of the molecule is CC(C)(C)OC(=O)N1CCN(C(=O)CNCc2ncc(I)s2)CC1. The van der Waals surface area contributed by atoms with Gasteiger partial charge in [0.1, 0.15) is 10.6 Å². The molecule has 7 nitrogen and oxygen atoms in total. The van der Waals surface area contributed by atoms with Crippen LogP contribution in [0.3, 0.4) is 0 Å². The highest BCUT2D eigenvalue weighted by molar-refractivity contribution is 14.1. The van der Waals surface area contributed by atoms with Gasteiger partial charge in [-0.15, -0.1) is 11.3 Å². The molecule has 0 aromatic carbocycles. The molecule has 2 rings (SSSR count). The number of halogens is 1. The van der Waals surface area contributed by atoms with Crippen LogP contribution in [0.1, 0.15) is 25.8 Å². The van der Waals surface area contributed by atoms with Gasteiger partial charge in [-0.05, 0) is 43.4 Å². The molecule has 1 aromatic heterocycles. The van der Waals surface area contributed by atoms with E-state index in [1.54, 1.807) is 21.1 Å². The first-order valence-electron chi connectivity index (χ1n) is 7.81. The normalized spacial score (nSPS) is 15.5. The average molecular weight is 466 g/mol. The molecule has 0 aliphatic carbocycles. The number of ether oxygens (including phenoxy) is 1. The first-order chi connectivity index (χ1) is 11.2. The van der Waals surface area contributed by atoms with Gasteiger partial charge in [0.05, 0.1) is 15.6 Å². The summed E-state index contributed by atoms with van der Waals surface area (Å²) in [6, 6.07) is 0. The molecule has 24 heavy (non-hydrogen) atoms. The quantitative estimate of drug-likeness (QED) is 0.687. The van der Waals surface area contributed by atoms with E-state index in [9.17, 15) is 9.59 Å². The maximum absolute atomic E-state index is 12.2. The Kier molecular flexibility index (Phi) is 6.81. The molecule has 0 unspecified atom stereocenters. The summed E-state index contributed by atoms with van der Waals surface area (Å²) in [7, 11) is 0. The lowest BCUT2D eigenvalue weighted by atomic mass is 10.2. The van der Waals surface area contributed by atoms with Crippen LogP contribution >= 0.6 is 33.9 Å². The van der Waals surface area contributed by atoms with Gasteiger partial charge in [-0.1, -0.05) is 0 Å². The number of hydrogen-bond donors (Lipinski definition) is 1. The summed E-state index contributed by atoms with van der Waals surface area (Å²) >= 11 is 3.84. The van der Waals surface area contributed by atoms with Gasteiger partial charge >= 0.3 is 6.09 Å². The lowest BCUT2D eigenvalue weighted by Gasteiger charge is -2.35. The van der Waals surface area contributed by atoms with Crippen molar-refractivity contribution in [2.75, 3.05) is 32.7 Å². The second kappa shape index (κ2) is 8.43. The van der Waals surface area contributed by atoms with Crippen molar-refractivity contribution < 1.29 is 14.3 Å². The maximum Gasteiger partial charge on any atom is 0.410 e. The van der Waals surface area contributed by atoms with E-state index in [0.717, 1.165) is 7.89 Å². The highest BCUT2D eigenvalue weighted by Gasteiger charge is 2.27. The third-order valence-corrected chi connectivity index (χ3v) is 5.09. The molecule has 134 valence electrons. The minimum Gasteiger partial charge on any atom is -0.444 e. The van der Waals surface area contributed by atoms with E-state index in [1.165, 1.54) is 0 Å². The summed E-state index contributed by atoms with van der Waals surface area (Å²) in [5.41, 5.74) is -0.498. The van der Waals surface area contributed by atoms with Gasteiger partial charge in [0.2, 0.25) is 5.91 Å². The van der Waals surface area contributed by atoms with Crippen LogP contribution in [0.4, 0.5) is 4.79 Å². The Balaban J connectivity index is 1.69. The molecular weight excluding hydrogens is 443 g/mol. The molecule has 0 saturated carbocycles. The largest absolute Gasteiger partial charge is 0.444 e. The van der Waals surface area contributed by atoms with Gasteiger partial charge in [-0.2, -0.15) is 0 Å². The summed E-state index contributed by atoms with van der Waals surface area (Å²) in [4.78, 5) is 31.9. The standard InChI is InChI=1S/C15H23IN4O3S/c1-15(2,3)23-14(22)20-6-4-19(5-7-20)13(21)10-17-9-12-18-8-11(16)24-12/h8,17H,4-7,9-10H2,1-3H3. The number of nitrogens with one attached hydrogen (secondary N) is 1. The van der Waals surface area contributed by atoms with Gasteiger partial charge in [0.15, 0.2) is 0 Å². The van der Waals surface area contributed by atoms with Crippen molar-refractivity contribution in [1.82, 2.24) is 20.1 Å². The fraction of sp³-hybridized carbons (Fsp3) is 0.667. The van der Waals surface area contributed by atoms with Crippen molar-refractivity contribution in [2.45, 2.75) is 32.9 Å². The summed E-state index contributed by atoms with van der Waals surface area (Å²) in [6.45, 7) is 8.50. The second-order valence-corrected chi connectivity index (χ2v) is 9.52. The molecule has 9 heteroatoms. The van der Waals surface area contributed by atoms with E-state index in [1.807, 2.05) is 27.0 Å². The summed E-state index contributed by atoms with van der Waals surface area (Å²) in [5, 5.41) is 4.10. The van der Waals surface area contributed by atoms with Crippen molar-refractivity contribution in [3.8, 4) is 0 Å². The Bertz CT molecular complexity index is 580. The van der Waals surface area contributed by atoms with Gasteiger partial charge in [-0.25, -0.2) is 9.78 Å². The molecule has 0 atom stereocenters. The number of thiazole rings is 1. The molecule has 1 saturated heterocycles. The molecule has 0 radical (unpaired) electrons. The van der Waals surface area contributed by atoms with Crippen molar-refractivity contribution in [1.29, 1.82) is 0 Å². The lowest BCUT2D eigenvalue weighted by molar-refractivity contribution is -0.132. The zero-order chi connectivity index (χ0) is 17.7. The first kappa shape index (κ1) is 19.4. The molecule has 1 fully saturated rings. The molecule has 2 amide bonds. The minimum absolute atomic E-state index is 0.0464. The number of rotatable bonds is 4. The van der Waals surface area contributed by atoms with E-state index in [-0.39, 0.29) is 18.5 Å². The van der Waals surface area contributed by atoms with E-state index in [2.05, 4.69) is 32.9 Å². The van der Waals surface area contributed by atoms with Crippen molar-refractivity contribution in [3.63, 3.8) is 0 Å². The Labute approximate surface area is 159 Å². The number of hydrogen-bond acceptors (Lipinski definition) is 6. The van der Waals surface area contributed by atoms with Crippen LogP contribution in [0.2, 0.25) is 0 Å². The first-order valence-corrected chi connectivity index (χ1v) is 9.71. The van der Waals surface area contributed by atoms with Crippen LogP contribution in [0.15, 0.2) is 6.20 Å². The zero-order valence-corrected chi connectivity index (χ0v) is 17.1. The summed E-state index contributed by atoms with van der Waals surface area (Å²) in [6.07, 6.45) is 1.51. The molecule has 2 heterocycles. The highest BCUT2D eigenvalue weighted by atomic mass is 127. The van der Waals surface area contributed by atoms with E-state index < -0.39 is 5.60 Å². The molecule has 1 aliphatic rings. The summed E-state index contributed by atoms with van der Waals surface area (Å²) < 4.78 is 6.49. The van der Waals surface area contributed by atoms with Crippen molar-refractivity contribution in [3.05, 3.63) is 14.1 Å². The van der Waals surface area contributed by atoms with Gasteiger partial charge in [0.25, 0.3) is 0 Å². The molecule has 0 spiro atoms. The van der Waals surface area contributed by atoms with Crippen LogP contribution in [0.5, 0.6) is 0 Å². The average Bonchev–Trinajstić information content (AvgIpc) is 2.91. The monoisotopic (exact) mass is 466 g/mol. The van der Waals surface area contributed by atoms with Crippen LogP contribution < -0.4 is 5.32 Å². The lowest BCUT2D eigenvalue weighted by Crippen LogP contribution is -2.53. The third-order valence-electron chi connectivity index (χ3n) is 3.36. The predicted octanol–water partition coefficient (Wildman–Crippen LogP) is 1.92.